The first-order valence-electron chi connectivity index (χ1n) is 4.76. The monoisotopic (exact) mass is 193 g/mol. The SMILES string of the molecule is CNc1nc(C)nc2c1CC(C)(C)O2. The van der Waals surface area contributed by atoms with E-state index in [2.05, 4.69) is 29.1 Å². The second-order valence-electron chi connectivity index (χ2n) is 4.19. The first-order valence-corrected chi connectivity index (χ1v) is 4.76. The van der Waals surface area contributed by atoms with Gasteiger partial charge in [0.05, 0.1) is 5.56 Å². The summed E-state index contributed by atoms with van der Waals surface area (Å²) in [6.07, 6.45) is 0.860. The molecule has 76 valence electrons. The van der Waals surface area contributed by atoms with Crippen molar-refractivity contribution >= 4 is 5.82 Å². The fraction of sp³-hybridized carbons (Fsp3) is 0.600. The highest BCUT2D eigenvalue weighted by molar-refractivity contribution is 5.52. The molecule has 0 unspecified atom stereocenters. The van der Waals surface area contributed by atoms with Crippen molar-refractivity contribution in [3.8, 4) is 5.88 Å². The lowest BCUT2D eigenvalue weighted by Gasteiger charge is -2.15. The molecule has 0 aromatic carbocycles. The number of fused-ring (bicyclic) bond motifs is 1. The standard InChI is InChI=1S/C10H15N3O/c1-6-12-8(11-4)7-5-10(2,3)14-9(7)13-6/h5H2,1-4H3,(H,11,12,13). The van der Waals surface area contributed by atoms with E-state index in [0.29, 0.717) is 0 Å². The van der Waals surface area contributed by atoms with Gasteiger partial charge in [0.1, 0.15) is 17.2 Å². The topological polar surface area (TPSA) is 47.0 Å². The summed E-state index contributed by atoms with van der Waals surface area (Å²) in [5.74, 6) is 2.36. The molecule has 2 rings (SSSR count). The van der Waals surface area contributed by atoms with Crippen LogP contribution in [0.25, 0.3) is 0 Å². The van der Waals surface area contributed by atoms with Crippen LogP contribution in [-0.2, 0) is 6.42 Å². The number of hydrogen-bond donors (Lipinski definition) is 1. The molecule has 1 aliphatic heterocycles. The molecule has 4 heteroatoms. The van der Waals surface area contributed by atoms with Gasteiger partial charge < -0.3 is 10.1 Å². The summed E-state index contributed by atoms with van der Waals surface area (Å²) in [5, 5.41) is 3.07. The van der Waals surface area contributed by atoms with E-state index in [4.69, 9.17) is 4.74 Å². The maximum Gasteiger partial charge on any atom is 0.222 e. The first kappa shape index (κ1) is 9.24. The van der Waals surface area contributed by atoms with Gasteiger partial charge in [0.15, 0.2) is 0 Å². The van der Waals surface area contributed by atoms with E-state index in [1.165, 1.54) is 0 Å². The predicted molar refractivity (Wildman–Crippen MR) is 54.7 cm³/mol. The summed E-state index contributed by atoms with van der Waals surface area (Å²) in [7, 11) is 1.87. The molecule has 1 N–H and O–H groups in total. The van der Waals surface area contributed by atoms with Crippen molar-refractivity contribution in [2.24, 2.45) is 0 Å². The molecule has 0 amide bonds. The lowest BCUT2D eigenvalue weighted by molar-refractivity contribution is 0.133. The summed E-state index contributed by atoms with van der Waals surface area (Å²) in [4.78, 5) is 8.61. The van der Waals surface area contributed by atoms with Gasteiger partial charge in [-0.15, -0.1) is 0 Å². The zero-order valence-corrected chi connectivity index (χ0v) is 9.01. The van der Waals surface area contributed by atoms with Crippen LogP contribution < -0.4 is 10.1 Å². The molecule has 0 fully saturated rings. The fourth-order valence-electron chi connectivity index (χ4n) is 1.74. The van der Waals surface area contributed by atoms with Crippen LogP contribution in [0.4, 0.5) is 5.82 Å². The minimum atomic E-state index is -0.156. The number of aromatic nitrogens is 2. The quantitative estimate of drug-likeness (QED) is 0.735. The number of hydrogen-bond acceptors (Lipinski definition) is 4. The minimum absolute atomic E-state index is 0.156. The molecule has 0 aliphatic carbocycles. The second-order valence-corrected chi connectivity index (χ2v) is 4.19. The molecule has 0 spiro atoms. The summed E-state index contributed by atoms with van der Waals surface area (Å²) < 4.78 is 5.73. The van der Waals surface area contributed by atoms with Gasteiger partial charge in [-0.2, -0.15) is 4.98 Å². The third kappa shape index (κ3) is 1.41. The zero-order chi connectivity index (χ0) is 10.3. The number of aryl methyl sites for hydroxylation is 1. The molecule has 1 aliphatic rings. The lowest BCUT2D eigenvalue weighted by atomic mass is 10.0. The highest BCUT2D eigenvalue weighted by Gasteiger charge is 2.33. The van der Waals surface area contributed by atoms with Crippen molar-refractivity contribution in [1.82, 2.24) is 9.97 Å². The third-order valence-corrected chi connectivity index (χ3v) is 2.29. The fourth-order valence-corrected chi connectivity index (χ4v) is 1.74. The second kappa shape index (κ2) is 2.83. The third-order valence-electron chi connectivity index (χ3n) is 2.29. The van der Waals surface area contributed by atoms with Crippen LogP contribution in [0.3, 0.4) is 0 Å². The Labute approximate surface area is 83.7 Å². The molecule has 0 saturated carbocycles. The Balaban J connectivity index is 2.50. The molecular weight excluding hydrogens is 178 g/mol. The molecule has 4 nitrogen and oxygen atoms in total. The van der Waals surface area contributed by atoms with Gasteiger partial charge in [-0.25, -0.2) is 4.98 Å². The van der Waals surface area contributed by atoms with Crippen LogP contribution in [0.15, 0.2) is 0 Å². The van der Waals surface area contributed by atoms with Gasteiger partial charge in [-0.05, 0) is 20.8 Å². The van der Waals surface area contributed by atoms with E-state index in [9.17, 15) is 0 Å². The molecular formula is C10H15N3O. The van der Waals surface area contributed by atoms with E-state index in [1.807, 2.05) is 14.0 Å². The van der Waals surface area contributed by atoms with Gasteiger partial charge in [0.2, 0.25) is 5.88 Å². The van der Waals surface area contributed by atoms with Gasteiger partial charge in [-0.1, -0.05) is 0 Å². The van der Waals surface area contributed by atoms with E-state index < -0.39 is 0 Å². The largest absolute Gasteiger partial charge is 0.471 e. The van der Waals surface area contributed by atoms with Crippen LogP contribution in [-0.4, -0.2) is 22.6 Å². The Hall–Kier alpha value is -1.32. The average molecular weight is 193 g/mol. The van der Waals surface area contributed by atoms with Crippen LogP contribution in [0.1, 0.15) is 25.2 Å². The zero-order valence-electron chi connectivity index (χ0n) is 9.01. The van der Waals surface area contributed by atoms with Crippen molar-refractivity contribution in [1.29, 1.82) is 0 Å². The molecule has 0 saturated heterocycles. The van der Waals surface area contributed by atoms with Crippen molar-refractivity contribution in [3.63, 3.8) is 0 Å². The van der Waals surface area contributed by atoms with Crippen LogP contribution in [0.5, 0.6) is 5.88 Å². The van der Waals surface area contributed by atoms with Crippen molar-refractivity contribution in [2.45, 2.75) is 32.8 Å². The summed E-state index contributed by atoms with van der Waals surface area (Å²) in [5.41, 5.74) is 0.930. The first-order chi connectivity index (χ1) is 6.52. The van der Waals surface area contributed by atoms with Gasteiger partial charge >= 0.3 is 0 Å². The van der Waals surface area contributed by atoms with E-state index in [1.54, 1.807) is 0 Å². The number of ether oxygens (including phenoxy) is 1. The van der Waals surface area contributed by atoms with Gasteiger partial charge in [0.25, 0.3) is 0 Å². The predicted octanol–water partition coefficient (Wildman–Crippen LogP) is 1.54. The van der Waals surface area contributed by atoms with E-state index in [-0.39, 0.29) is 5.60 Å². The maximum absolute atomic E-state index is 5.73. The molecule has 1 aromatic rings. The molecule has 2 heterocycles. The maximum atomic E-state index is 5.73. The van der Waals surface area contributed by atoms with E-state index >= 15 is 0 Å². The molecule has 14 heavy (non-hydrogen) atoms. The van der Waals surface area contributed by atoms with E-state index in [0.717, 1.165) is 29.5 Å². The summed E-state index contributed by atoms with van der Waals surface area (Å²) in [6, 6.07) is 0. The Bertz CT molecular complexity index is 374. The Morgan fingerprint density at radius 3 is 2.71 bits per heavy atom. The highest BCUT2D eigenvalue weighted by atomic mass is 16.5. The number of nitrogens with one attached hydrogen (secondary N) is 1. The number of rotatable bonds is 1. The normalized spacial score (nSPS) is 17.4. The molecule has 1 aromatic heterocycles. The Morgan fingerprint density at radius 1 is 1.36 bits per heavy atom. The van der Waals surface area contributed by atoms with Crippen molar-refractivity contribution in [2.75, 3.05) is 12.4 Å². The minimum Gasteiger partial charge on any atom is -0.471 e. The Kier molecular flexibility index (Phi) is 1.87. The summed E-state index contributed by atoms with van der Waals surface area (Å²) in [6.45, 7) is 5.99. The van der Waals surface area contributed by atoms with Crippen LogP contribution in [0, 0.1) is 6.92 Å². The smallest absolute Gasteiger partial charge is 0.222 e. The van der Waals surface area contributed by atoms with Gasteiger partial charge in [0, 0.05) is 13.5 Å². The highest BCUT2D eigenvalue weighted by Crippen LogP contribution is 2.36. The summed E-state index contributed by atoms with van der Waals surface area (Å²) >= 11 is 0. The van der Waals surface area contributed by atoms with Crippen LogP contribution in [0.2, 0.25) is 0 Å². The van der Waals surface area contributed by atoms with Crippen molar-refractivity contribution < 1.29 is 4.74 Å². The molecule has 0 radical (unpaired) electrons. The molecule has 0 bridgehead atoms. The Morgan fingerprint density at radius 2 is 2.07 bits per heavy atom. The number of anilines is 1. The van der Waals surface area contributed by atoms with Crippen molar-refractivity contribution in [3.05, 3.63) is 11.4 Å². The van der Waals surface area contributed by atoms with Gasteiger partial charge in [-0.3, -0.25) is 0 Å². The lowest BCUT2D eigenvalue weighted by Crippen LogP contribution is -2.24. The number of nitrogens with zero attached hydrogens (tertiary/aromatic N) is 2. The van der Waals surface area contributed by atoms with Crippen LogP contribution >= 0.6 is 0 Å². The molecule has 0 atom stereocenters. The average Bonchev–Trinajstić information content (AvgIpc) is 2.37.